The van der Waals surface area contributed by atoms with Gasteiger partial charge in [-0.05, 0) is 49.8 Å². The summed E-state index contributed by atoms with van der Waals surface area (Å²) in [6, 6.07) is 9.38. The number of aromatic nitrogens is 2. The van der Waals surface area contributed by atoms with Gasteiger partial charge in [-0.2, -0.15) is 4.72 Å². The Hall–Kier alpha value is -2.34. The summed E-state index contributed by atoms with van der Waals surface area (Å²) in [5.41, 5.74) is 5.12. The molecule has 2 aliphatic heterocycles. The average Bonchev–Trinajstić information content (AvgIpc) is 3.37. The molecule has 1 spiro atoms. The van der Waals surface area contributed by atoms with Crippen LogP contribution in [0.2, 0.25) is 37.3 Å². The van der Waals surface area contributed by atoms with Crippen LogP contribution in [0.4, 0.5) is 0 Å². The largest absolute Gasteiger partial charge is 0.414 e. The number of hydrogen-bond acceptors (Lipinski definition) is 8. The lowest BCUT2D eigenvalue weighted by molar-refractivity contribution is -0.0496. The predicted octanol–water partition coefficient (Wildman–Crippen LogP) is 4.80. The van der Waals surface area contributed by atoms with Gasteiger partial charge in [0.1, 0.15) is 22.7 Å². The number of nitrogens with one attached hydrogen (secondary N) is 1. The van der Waals surface area contributed by atoms with Crippen LogP contribution < -0.4 is 21.7 Å². The Bertz CT molecular complexity index is 1660. The van der Waals surface area contributed by atoms with Crippen LogP contribution in [-0.2, 0) is 30.7 Å². The molecule has 4 atom stereocenters. The van der Waals surface area contributed by atoms with Crippen molar-refractivity contribution in [2.45, 2.75) is 116 Å². The summed E-state index contributed by atoms with van der Waals surface area (Å²) in [6.07, 6.45) is -0.425. The van der Waals surface area contributed by atoms with Crippen molar-refractivity contribution in [1.29, 1.82) is 0 Å². The summed E-state index contributed by atoms with van der Waals surface area (Å²) >= 11 is 0. The molecule has 0 amide bonds. The van der Waals surface area contributed by atoms with Crippen LogP contribution in [-0.4, -0.2) is 58.5 Å². The lowest BCUT2D eigenvalue weighted by Crippen LogP contribution is -2.64. The normalized spacial score (nSPS) is 24.7. The van der Waals surface area contributed by atoms with Gasteiger partial charge in [-0.25, -0.2) is 13.2 Å². The number of ether oxygens (including phenoxy) is 1. The van der Waals surface area contributed by atoms with Gasteiger partial charge in [0, 0.05) is 18.8 Å². The number of nitrogens with zero attached hydrogens (tertiary/aromatic N) is 2. The van der Waals surface area contributed by atoms with E-state index >= 15 is 0 Å². The Morgan fingerprint density at radius 2 is 1.63 bits per heavy atom. The Kier molecular flexibility index (Phi) is 11.3. The minimum atomic E-state index is -4.16. The van der Waals surface area contributed by atoms with Crippen LogP contribution in [0.15, 0.2) is 51.8 Å². The van der Waals surface area contributed by atoms with Crippen molar-refractivity contribution < 1.29 is 22.0 Å². The maximum atomic E-state index is 14.0. The van der Waals surface area contributed by atoms with Crippen LogP contribution in [0.5, 0.6) is 0 Å². The zero-order valence-electron chi connectivity index (χ0n) is 29.6. The summed E-state index contributed by atoms with van der Waals surface area (Å²) < 4.78 is 53.4. The first kappa shape index (κ1) is 38.1. The molecular formula is C32H54N4O7SSi2. The Morgan fingerprint density at radius 3 is 2.15 bits per heavy atom. The number of hydrogen-bond donors (Lipinski definition) is 2. The van der Waals surface area contributed by atoms with Gasteiger partial charge >= 0.3 is 5.69 Å². The number of nitrogens with two attached hydrogens (primary N) is 1. The topological polar surface area (TPSA) is 144 Å². The second-order valence-electron chi connectivity index (χ2n) is 14.4. The molecule has 0 radical (unpaired) electrons. The molecule has 1 aromatic carbocycles. The molecule has 46 heavy (non-hydrogen) atoms. The molecule has 0 aliphatic carbocycles. The van der Waals surface area contributed by atoms with Gasteiger partial charge in [0.2, 0.25) is 10.0 Å². The van der Waals surface area contributed by atoms with Crippen LogP contribution in [0.3, 0.4) is 0 Å². The zero-order valence-corrected chi connectivity index (χ0v) is 32.4. The third-order valence-electron chi connectivity index (χ3n) is 9.27. The van der Waals surface area contributed by atoms with Gasteiger partial charge in [0.25, 0.3) is 5.56 Å². The van der Waals surface area contributed by atoms with E-state index in [4.69, 9.17) is 19.3 Å². The first-order chi connectivity index (χ1) is 21.1. The van der Waals surface area contributed by atoms with Crippen molar-refractivity contribution in [1.82, 2.24) is 13.9 Å². The highest BCUT2D eigenvalue weighted by Crippen LogP contribution is 2.50. The lowest BCUT2D eigenvalue weighted by Gasteiger charge is -2.41. The smallest absolute Gasteiger partial charge is 0.332 e. The highest BCUT2D eigenvalue weighted by atomic mass is 32.2. The van der Waals surface area contributed by atoms with E-state index in [1.807, 2.05) is 20.0 Å². The van der Waals surface area contributed by atoms with E-state index in [0.29, 0.717) is 17.2 Å². The second-order valence-corrected chi connectivity index (χ2v) is 25.3. The molecule has 1 fully saturated rings. The van der Waals surface area contributed by atoms with Gasteiger partial charge in [0.05, 0.1) is 12.3 Å². The molecule has 2 unspecified atom stereocenters. The van der Waals surface area contributed by atoms with Gasteiger partial charge in [-0.3, -0.25) is 13.9 Å². The van der Waals surface area contributed by atoms with Gasteiger partial charge < -0.3 is 19.3 Å². The molecule has 3 N–H and O–H groups in total. The summed E-state index contributed by atoms with van der Waals surface area (Å²) in [5, 5.41) is -0.136. The van der Waals surface area contributed by atoms with Crippen molar-refractivity contribution in [3.63, 3.8) is 0 Å². The molecule has 2 aromatic rings. The molecule has 3 heterocycles. The Labute approximate surface area is 276 Å². The van der Waals surface area contributed by atoms with Crippen LogP contribution in [0, 0.1) is 6.92 Å². The highest BCUT2D eigenvalue weighted by Gasteiger charge is 2.67. The van der Waals surface area contributed by atoms with Crippen molar-refractivity contribution >= 4 is 31.6 Å². The minimum Gasteiger partial charge on any atom is -0.414 e. The Morgan fingerprint density at radius 1 is 1.07 bits per heavy atom. The fourth-order valence-corrected chi connectivity index (χ4v) is 9.22. The number of sulfonamides is 1. The van der Waals surface area contributed by atoms with Crippen molar-refractivity contribution in [2.24, 2.45) is 12.8 Å². The number of benzene rings is 1. The molecule has 14 heteroatoms. The van der Waals surface area contributed by atoms with E-state index in [0.717, 1.165) is 4.57 Å². The van der Waals surface area contributed by atoms with Crippen LogP contribution >= 0.6 is 0 Å². The Balaban J connectivity index is 0.00000185. The molecule has 1 saturated heterocycles. The third kappa shape index (κ3) is 7.08. The van der Waals surface area contributed by atoms with Gasteiger partial charge in [0.15, 0.2) is 22.9 Å². The zero-order chi connectivity index (χ0) is 35.0. The van der Waals surface area contributed by atoms with Crippen molar-refractivity contribution in [3.05, 3.63) is 74.2 Å². The second kappa shape index (κ2) is 13.6. The van der Waals surface area contributed by atoms with E-state index in [-0.39, 0.29) is 22.2 Å². The maximum Gasteiger partial charge on any atom is 0.332 e. The molecule has 11 nitrogen and oxygen atoms in total. The van der Waals surface area contributed by atoms with Crippen LogP contribution in [0.25, 0.3) is 4.91 Å². The van der Waals surface area contributed by atoms with Crippen molar-refractivity contribution in [2.75, 3.05) is 6.61 Å². The first-order valence-electron chi connectivity index (χ1n) is 16.0. The summed E-state index contributed by atoms with van der Waals surface area (Å²) in [6.45, 7) is 22.5. The number of aryl methyl sites for hydroxylation is 1. The van der Waals surface area contributed by atoms with E-state index < -0.39 is 61.9 Å². The third-order valence-corrected chi connectivity index (χ3v) is 18.0. The summed E-state index contributed by atoms with van der Waals surface area (Å²) in [7, 11) is -7.58. The van der Waals surface area contributed by atoms with E-state index in [9.17, 15) is 18.0 Å². The average molecular weight is 695 g/mol. The van der Waals surface area contributed by atoms with E-state index in [2.05, 4.69) is 52.4 Å². The minimum absolute atomic E-state index is 0.00570. The molecule has 0 saturated carbocycles. The van der Waals surface area contributed by atoms with Crippen molar-refractivity contribution in [3.8, 4) is 0 Å². The molecule has 1 aromatic heterocycles. The predicted molar refractivity (Wildman–Crippen MR) is 189 cm³/mol. The van der Waals surface area contributed by atoms with Crippen LogP contribution in [0.1, 0.15) is 65.3 Å². The van der Waals surface area contributed by atoms with E-state index in [1.54, 1.807) is 37.3 Å². The van der Waals surface area contributed by atoms with E-state index in [1.165, 1.54) is 24.2 Å². The van der Waals surface area contributed by atoms with Gasteiger partial charge in [-0.15, -0.1) is 0 Å². The van der Waals surface area contributed by atoms with Gasteiger partial charge in [-0.1, -0.05) is 78.3 Å². The highest BCUT2D eigenvalue weighted by molar-refractivity contribution is 7.99. The molecule has 4 rings (SSSR count). The number of rotatable bonds is 8. The SMILES string of the molecule is CCC.CC[Si](C)(C)O[C@H]1C(n2cc(C)c(=O)n(C)c2=O)OC(CO[Si](C)(C)C(C)(C)C)[C@@]12NS(=O)(=O)C(c1ccccc1)=C2N. The molecule has 258 valence electrons. The lowest BCUT2D eigenvalue weighted by atomic mass is 9.85. The monoisotopic (exact) mass is 694 g/mol. The molecule has 0 bridgehead atoms. The quantitative estimate of drug-likeness (QED) is 0.375. The summed E-state index contributed by atoms with van der Waals surface area (Å²) in [4.78, 5) is 26.1. The standard InChI is InChI=1S/C29H46N4O7SSi2.C3H8/c1-11-42(7,8)40-24-26(33-17-19(2)25(34)32(6)27(33)35)39-21(18-38-43(9,10)28(3,4)5)29(24)23(30)22(41(36,37)31-29)20-15-13-12-14-16-20;1-3-2/h12-17,21,24,26,31H,11,18,30H2,1-10H3;3H2,1-2H3/t21?,24-,26?,29-;/m0./s1. The fraction of sp³-hybridized carbons (Fsp3) is 0.625. The molecular weight excluding hydrogens is 641 g/mol. The maximum absolute atomic E-state index is 14.0. The fourth-order valence-electron chi connectivity index (χ4n) is 5.25. The summed E-state index contributed by atoms with van der Waals surface area (Å²) in [5.74, 6) is 0. The molecule has 2 aliphatic rings. The first-order valence-corrected chi connectivity index (χ1v) is 23.5.